The van der Waals surface area contributed by atoms with Gasteiger partial charge in [-0.1, -0.05) is 47.5 Å². The summed E-state index contributed by atoms with van der Waals surface area (Å²) in [6, 6.07) is 17.1. The number of carbonyl (C=O) groups excluding carboxylic acids is 3. The molecule has 0 aliphatic carbocycles. The first kappa shape index (κ1) is 24.8. The lowest BCUT2D eigenvalue weighted by Gasteiger charge is -2.12. The molecule has 10 heteroatoms. The average Bonchev–Trinajstić information content (AvgIpc) is 3.09. The molecule has 0 unspecified atom stereocenters. The number of imide groups is 1. The summed E-state index contributed by atoms with van der Waals surface area (Å²) in [5.74, 6) is -1.03. The maximum absolute atomic E-state index is 13.2. The Bertz CT molecular complexity index is 1330. The van der Waals surface area contributed by atoms with Crippen LogP contribution in [0.4, 0.5) is 14.9 Å². The molecule has 0 aromatic heterocycles. The first-order valence-corrected chi connectivity index (χ1v) is 11.8. The molecule has 1 heterocycles. The molecular formula is C25H17Cl2FN2O4S. The van der Waals surface area contributed by atoms with E-state index in [1.54, 1.807) is 42.5 Å². The van der Waals surface area contributed by atoms with E-state index in [1.807, 2.05) is 0 Å². The van der Waals surface area contributed by atoms with E-state index in [2.05, 4.69) is 5.32 Å². The van der Waals surface area contributed by atoms with Crippen molar-refractivity contribution in [3.05, 3.63) is 98.6 Å². The smallest absolute Gasteiger partial charge is 0.293 e. The minimum absolute atomic E-state index is 0.0173. The van der Waals surface area contributed by atoms with Crippen molar-refractivity contribution in [1.29, 1.82) is 0 Å². The Morgan fingerprint density at radius 1 is 1.06 bits per heavy atom. The third kappa shape index (κ3) is 6.22. The molecule has 3 aromatic carbocycles. The zero-order chi connectivity index (χ0) is 24.9. The predicted octanol–water partition coefficient (Wildman–Crippen LogP) is 6.39. The number of hydrogen-bond donors (Lipinski definition) is 1. The van der Waals surface area contributed by atoms with Crippen LogP contribution in [0.2, 0.25) is 10.0 Å². The molecule has 3 aromatic rings. The Morgan fingerprint density at radius 2 is 1.80 bits per heavy atom. The fourth-order valence-electron chi connectivity index (χ4n) is 3.21. The second-order valence-electron chi connectivity index (χ2n) is 7.39. The predicted molar refractivity (Wildman–Crippen MR) is 135 cm³/mol. The number of ether oxygens (including phenoxy) is 1. The second-order valence-corrected chi connectivity index (χ2v) is 9.23. The molecule has 1 N–H and O–H groups in total. The van der Waals surface area contributed by atoms with Gasteiger partial charge in [0.05, 0.1) is 22.2 Å². The first-order valence-electron chi connectivity index (χ1n) is 10.3. The van der Waals surface area contributed by atoms with E-state index in [9.17, 15) is 18.8 Å². The van der Waals surface area contributed by atoms with Crippen LogP contribution in [0.25, 0.3) is 6.08 Å². The van der Waals surface area contributed by atoms with Crippen molar-refractivity contribution in [1.82, 2.24) is 4.90 Å². The molecule has 1 fully saturated rings. The Morgan fingerprint density at radius 3 is 2.54 bits per heavy atom. The summed E-state index contributed by atoms with van der Waals surface area (Å²) < 4.78 is 18.8. The van der Waals surface area contributed by atoms with Gasteiger partial charge in [-0.15, -0.1) is 0 Å². The summed E-state index contributed by atoms with van der Waals surface area (Å²) in [5, 5.41) is 2.99. The zero-order valence-electron chi connectivity index (χ0n) is 18.0. The average molecular weight is 531 g/mol. The van der Waals surface area contributed by atoms with Crippen LogP contribution in [0, 0.1) is 5.82 Å². The minimum atomic E-state index is -0.494. The molecule has 0 atom stereocenters. The number of halogens is 3. The third-order valence-electron chi connectivity index (χ3n) is 4.89. The third-order valence-corrected chi connectivity index (χ3v) is 6.36. The number of benzene rings is 3. The summed E-state index contributed by atoms with van der Waals surface area (Å²) in [7, 11) is 0. The Labute approximate surface area is 214 Å². The van der Waals surface area contributed by atoms with Crippen LogP contribution < -0.4 is 10.1 Å². The van der Waals surface area contributed by atoms with Gasteiger partial charge in [-0.3, -0.25) is 19.3 Å². The van der Waals surface area contributed by atoms with E-state index >= 15 is 0 Å². The van der Waals surface area contributed by atoms with E-state index in [1.165, 1.54) is 30.3 Å². The second kappa shape index (κ2) is 10.9. The molecule has 0 spiro atoms. The van der Waals surface area contributed by atoms with Gasteiger partial charge in [0.2, 0.25) is 0 Å². The number of nitrogens with one attached hydrogen (secondary N) is 1. The number of thioether (sulfide) groups is 1. The highest BCUT2D eigenvalue weighted by molar-refractivity contribution is 8.18. The van der Waals surface area contributed by atoms with Crippen molar-refractivity contribution in [2.45, 2.75) is 6.54 Å². The monoisotopic (exact) mass is 530 g/mol. The van der Waals surface area contributed by atoms with Crippen LogP contribution in [0.1, 0.15) is 11.1 Å². The Hall–Kier alpha value is -3.33. The topological polar surface area (TPSA) is 75.7 Å². The van der Waals surface area contributed by atoms with E-state index < -0.39 is 22.9 Å². The fourth-order valence-corrected chi connectivity index (χ4v) is 4.40. The van der Waals surface area contributed by atoms with Gasteiger partial charge in [0, 0.05) is 10.6 Å². The van der Waals surface area contributed by atoms with E-state index in [-0.39, 0.29) is 18.1 Å². The van der Waals surface area contributed by atoms with Gasteiger partial charge in [-0.25, -0.2) is 4.39 Å². The van der Waals surface area contributed by atoms with Crippen molar-refractivity contribution in [3.8, 4) is 5.75 Å². The lowest BCUT2D eigenvalue weighted by Crippen LogP contribution is -2.27. The molecule has 3 amide bonds. The lowest BCUT2D eigenvalue weighted by atomic mass is 10.1. The van der Waals surface area contributed by atoms with Gasteiger partial charge < -0.3 is 10.1 Å². The molecule has 4 rings (SSSR count). The fraction of sp³-hybridized carbons (Fsp3) is 0.0800. The molecule has 178 valence electrons. The van der Waals surface area contributed by atoms with E-state index in [0.717, 1.165) is 16.7 Å². The van der Waals surface area contributed by atoms with Crippen molar-refractivity contribution in [2.24, 2.45) is 0 Å². The lowest BCUT2D eigenvalue weighted by molar-refractivity contribution is -0.123. The standard InChI is InChI=1S/C25H17Cl2FN2O4S/c26-17-7-10-21(34-14-23(31)29-20-4-2-1-3-19(20)27)16(11-17)12-22-24(32)30(25(33)35-22)13-15-5-8-18(28)9-6-15/h1-12H,13-14H2,(H,29,31)/b22-12-. The van der Waals surface area contributed by atoms with Gasteiger partial charge >= 0.3 is 0 Å². The highest BCUT2D eigenvalue weighted by Gasteiger charge is 2.35. The Kier molecular flexibility index (Phi) is 7.75. The number of para-hydroxylation sites is 1. The molecule has 0 radical (unpaired) electrons. The summed E-state index contributed by atoms with van der Waals surface area (Å²) in [5.41, 5.74) is 1.50. The van der Waals surface area contributed by atoms with Crippen LogP contribution >= 0.6 is 35.0 Å². The normalized spacial score (nSPS) is 14.5. The maximum atomic E-state index is 13.2. The van der Waals surface area contributed by atoms with Crippen molar-refractivity contribution in [3.63, 3.8) is 0 Å². The Balaban J connectivity index is 1.48. The molecule has 6 nitrogen and oxygen atoms in total. The molecule has 0 saturated carbocycles. The highest BCUT2D eigenvalue weighted by atomic mass is 35.5. The summed E-state index contributed by atoms with van der Waals surface area (Å²) in [6.45, 7) is -0.302. The van der Waals surface area contributed by atoms with Gasteiger partial charge in [0.25, 0.3) is 17.1 Å². The van der Waals surface area contributed by atoms with Crippen LogP contribution in [0.15, 0.2) is 71.6 Å². The van der Waals surface area contributed by atoms with Gasteiger partial charge in [0.1, 0.15) is 11.6 Å². The summed E-state index contributed by atoms with van der Waals surface area (Å²) in [6.07, 6.45) is 1.49. The number of carbonyl (C=O) groups is 3. The summed E-state index contributed by atoms with van der Waals surface area (Å²) in [4.78, 5) is 38.9. The molecular weight excluding hydrogens is 514 g/mol. The minimum Gasteiger partial charge on any atom is -0.483 e. The number of hydrogen-bond acceptors (Lipinski definition) is 5. The largest absolute Gasteiger partial charge is 0.483 e. The van der Waals surface area contributed by atoms with E-state index in [0.29, 0.717) is 32.6 Å². The van der Waals surface area contributed by atoms with Crippen molar-refractivity contribution >= 4 is 63.8 Å². The van der Waals surface area contributed by atoms with Gasteiger partial charge in [0.15, 0.2) is 6.61 Å². The summed E-state index contributed by atoms with van der Waals surface area (Å²) >= 11 is 13.0. The van der Waals surface area contributed by atoms with Crippen LogP contribution in [-0.2, 0) is 16.1 Å². The maximum Gasteiger partial charge on any atom is 0.293 e. The number of nitrogens with zero attached hydrogens (tertiary/aromatic N) is 1. The molecule has 1 saturated heterocycles. The zero-order valence-corrected chi connectivity index (χ0v) is 20.3. The number of anilines is 1. The SMILES string of the molecule is O=C(COc1ccc(Cl)cc1/C=C1\SC(=O)N(Cc2ccc(F)cc2)C1=O)Nc1ccccc1Cl. The van der Waals surface area contributed by atoms with Crippen molar-refractivity contribution < 1.29 is 23.5 Å². The molecule has 1 aliphatic rings. The molecule has 1 aliphatic heterocycles. The van der Waals surface area contributed by atoms with E-state index in [4.69, 9.17) is 27.9 Å². The van der Waals surface area contributed by atoms with Crippen LogP contribution in [-0.4, -0.2) is 28.6 Å². The first-order chi connectivity index (χ1) is 16.8. The highest BCUT2D eigenvalue weighted by Crippen LogP contribution is 2.35. The van der Waals surface area contributed by atoms with Crippen LogP contribution in [0.5, 0.6) is 5.75 Å². The van der Waals surface area contributed by atoms with Gasteiger partial charge in [-0.05, 0) is 65.9 Å². The number of amides is 3. The van der Waals surface area contributed by atoms with Gasteiger partial charge in [-0.2, -0.15) is 0 Å². The molecule has 0 bridgehead atoms. The number of rotatable bonds is 7. The van der Waals surface area contributed by atoms with Crippen molar-refractivity contribution in [2.75, 3.05) is 11.9 Å². The quantitative estimate of drug-likeness (QED) is 0.358. The molecule has 35 heavy (non-hydrogen) atoms. The van der Waals surface area contributed by atoms with Crippen LogP contribution in [0.3, 0.4) is 0 Å².